The lowest BCUT2D eigenvalue weighted by atomic mass is 10.6. The van der Waals surface area contributed by atoms with Crippen molar-refractivity contribution in [2.45, 2.75) is 5.03 Å². The SMILES string of the molecule is NS(=O)(=O)c1ccc(Cl)nn1.S=c1ccc(Cl)n[nH]1. The quantitative estimate of drug-likeness (QED) is 0.762. The highest BCUT2D eigenvalue weighted by Gasteiger charge is 2.08. The standard InChI is InChI=1S/C4H4ClN3O2S.C4H3ClN2S/c5-3-1-2-4(8-7-3)11(6,9)10;5-3-1-2-4(8)7-6-3/h1-2H,(H2,6,9,10);1-2H,(H,7,8). The molecule has 0 aliphatic carbocycles. The van der Waals surface area contributed by atoms with Gasteiger partial charge >= 0.3 is 0 Å². The highest BCUT2D eigenvalue weighted by molar-refractivity contribution is 7.89. The van der Waals surface area contributed by atoms with E-state index >= 15 is 0 Å². The largest absolute Gasteiger partial charge is 0.266 e. The van der Waals surface area contributed by atoms with E-state index in [0.29, 0.717) is 9.79 Å². The van der Waals surface area contributed by atoms with Crippen molar-refractivity contribution in [3.05, 3.63) is 39.2 Å². The molecule has 0 aromatic carbocycles. The van der Waals surface area contributed by atoms with E-state index in [1.807, 2.05) is 0 Å². The van der Waals surface area contributed by atoms with Crippen LogP contribution >= 0.6 is 35.4 Å². The van der Waals surface area contributed by atoms with Crippen molar-refractivity contribution in [1.29, 1.82) is 0 Å². The van der Waals surface area contributed by atoms with Gasteiger partial charge in [0.2, 0.25) is 0 Å². The molecule has 0 bridgehead atoms. The summed E-state index contributed by atoms with van der Waals surface area (Å²) in [5, 5.41) is 17.7. The van der Waals surface area contributed by atoms with Crippen molar-refractivity contribution >= 4 is 45.4 Å². The summed E-state index contributed by atoms with van der Waals surface area (Å²) >= 11 is 15.5. The first kappa shape index (κ1) is 15.9. The molecule has 0 amide bonds. The van der Waals surface area contributed by atoms with Gasteiger partial charge in [0.25, 0.3) is 10.0 Å². The van der Waals surface area contributed by atoms with Crippen LogP contribution in [0.2, 0.25) is 10.3 Å². The summed E-state index contributed by atoms with van der Waals surface area (Å²) in [7, 11) is -3.75. The zero-order chi connectivity index (χ0) is 14.5. The van der Waals surface area contributed by atoms with Crippen LogP contribution in [0.1, 0.15) is 0 Å². The second-order valence-corrected chi connectivity index (χ2v) is 5.71. The molecular formula is C8H7Cl2N5O2S2. The second kappa shape index (κ2) is 6.87. The Bertz CT molecular complexity index is 681. The van der Waals surface area contributed by atoms with E-state index in [2.05, 4.69) is 20.4 Å². The second-order valence-electron chi connectivity index (χ2n) is 2.98. The Morgan fingerprint density at radius 3 is 2.11 bits per heavy atom. The third kappa shape index (κ3) is 6.03. The van der Waals surface area contributed by atoms with E-state index in [0.717, 1.165) is 0 Å². The predicted octanol–water partition coefficient (Wildman–Crippen LogP) is 1.57. The first-order valence-electron chi connectivity index (χ1n) is 4.52. The number of primary sulfonamides is 1. The molecule has 0 aliphatic rings. The molecule has 0 spiro atoms. The van der Waals surface area contributed by atoms with Gasteiger partial charge in [0, 0.05) is 0 Å². The number of nitrogens with zero attached hydrogens (tertiary/aromatic N) is 3. The number of hydrogen-bond donors (Lipinski definition) is 2. The van der Waals surface area contributed by atoms with Crippen molar-refractivity contribution in [3.63, 3.8) is 0 Å². The van der Waals surface area contributed by atoms with E-state index in [9.17, 15) is 8.42 Å². The normalized spacial score (nSPS) is 10.5. The fourth-order valence-corrected chi connectivity index (χ4v) is 1.52. The predicted molar refractivity (Wildman–Crippen MR) is 72.8 cm³/mol. The van der Waals surface area contributed by atoms with Crippen LogP contribution in [0.3, 0.4) is 0 Å². The topological polar surface area (TPSA) is 115 Å². The van der Waals surface area contributed by atoms with Crippen LogP contribution in [-0.2, 0) is 10.0 Å². The maximum absolute atomic E-state index is 10.6. The molecule has 3 N–H and O–H groups in total. The number of aromatic amines is 1. The van der Waals surface area contributed by atoms with Crippen LogP contribution in [0.15, 0.2) is 29.3 Å². The highest BCUT2D eigenvalue weighted by atomic mass is 35.5. The molecule has 0 radical (unpaired) electrons. The van der Waals surface area contributed by atoms with Gasteiger partial charge in [0.1, 0.15) is 9.79 Å². The first-order valence-corrected chi connectivity index (χ1v) is 7.23. The molecule has 0 atom stereocenters. The summed E-state index contributed by atoms with van der Waals surface area (Å²) in [5.74, 6) is 0. The lowest BCUT2D eigenvalue weighted by Gasteiger charge is -1.93. The zero-order valence-electron chi connectivity index (χ0n) is 9.12. The van der Waals surface area contributed by atoms with Crippen LogP contribution in [0, 0.1) is 4.64 Å². The maximum atomic E-state index is 10.6. The number of sulfonamides is 1. The van der Waals surface area contributed by atoms with Crippen molar-refractivity contribution in [2.75, 3.05) is 0 Å². The van der Waals surface area contributed by atoms with Gasteiger partial charge in [0.15, 0.2) is 10.2 Å². The summed E-state index contributed by atoms with van der Waals surface area (Å²) < 4.78 is 21.7. The zero-order valence-corrected chi connectivity index (χ0v) is 12.3. The van der Waals surface area contributed by atoms with Crippen molar-refractivity contribution in [1.82, 2.24) is 20.4 Å². The van der Waals surface area contributed by atoms with Crippen LogP contribution in [0.5, 0.6) is 0 Å². The maximum Gasteiger partial charge on any atom is 0.257 e. The molecule has 0 fully saturated rings. The third-order valence-corrected chi connectivity index (χ3v) is 2.98. The molecular weight excluding hydrogens is 333 g/mol. The van der Waals surface area contributed by atoms with Crippen LogP contribution in [0.4, 0.5) is 0 Å². The molecule has 0 saturated heterocycles. The number of hydrogen-bond acceptors (Lipinski definition) is 6. The highest BCUT2D eigenvalue weighted by Crippen LogP contribution is 2.04. The Kier molecular flexibility index (Phi) is 5.76. The van der Waals surface area contributed by atoms with Gasteiger partial charge in [-0.25, -0.2) is 13.6 Å². The van der Waals surface area contributed by atoms with Gasteiger partial charge in [0.05, 0.1) is 0 Å². The van der Waals surface area contributed by atoms with Crippen molar-refractivity contribution in [2.24, 2.45) is 5.14 Å². The van der Waals surface area contributed by atoms with Gasteiger partial charge in [-0.15, -0.1) is 10.2 Å². The van der Waals surface area contributed by atoms with Gasteiger partial charge in [-0.2, -0.15) is 5.10 Å². The van der Waals surface area contributed by atoms with Crippen LogP contribution in [-0.4, -0.2) is 28.8 Å². The minimum atomic E-state index is -3.75. The molecule has 2 aromatic rings. The molecule has 7 nitrogen and oxygen atoms in total. The summed E-state index contributed by atoms with van der Waals surface area (Å²) in [4.78, 5) is 0. The smallest absolute Gasteiger partial charge is 0.257 e. The monoisotopic (exact) mass is 339 g/mol. The summed E-state index contributed by atoms with van der Waals surface area (Å²) in [5.41, 5.74) is 0. The van der Waals surface area contributed by atoms with Gasteiger partial charge in [-0.05, 0) is 24.3 Å². The number of rotatable bonds is 1. The Morgan fingerprint density at radius 2 is 1.74 bits per heavy atom. The molecule has 2 rings (SSSR count). The van der Waals surface area contributed by atoms with Gasteiger partial charge < -0.3 is 0 Å². The average molecular weight is 340 g/mol. The molecule has 2 heterocycles. The first-order chi connectivity index (χ1) is 8.79. The summed E-state index contributed by atoms with van der Waals surface area (Å²) in [6.45, 7) is 0. The number of nitrogens with one attached hydrogen (secondary N) is 1. The third-order valence-electron chi connectivity index (χ3n) is 1.54. The van der Waals surface area contributed by atoms with Crippen molar-refractivity contribution < 1.29 is 8.42 Å². The minimum absolute atomic E-state index is 0.123. The summed E-state index contributed by atoms with van der Waals surface area (Å²) in [6, 6.07) is 5.81. The van der Waals surface area contributed by atoms with Crippen LogP contribution in [0.25, 0.3) is 0 Å². The minimum Gasteiger partial charge on any atom is -0.266 e. The lowest BCUT2D eigenvalue weighted by molar-refractivity contribution is 0.592. The van der Waals surface area contributed by atoms with Crippen LogP contribution < -0.4 is 5.14 Å². The molecule has 0 saturated carbocycles. The molecule has 2 aromatic heterocycles. The van der Waals surface area contributed by atoms with E-state index < -0.39 is 10.0 Å². The molecule has 0 unspecified atom stereocenters. The molecule has 0 aliphatic heterocycles. The molecule has 11 heteroatoms. The number of H-pyrrole nitrogens is 1. The fourth-order valence-electron chi connectivity index (χ4n) is 0.783. The number of halogens is 2. The molecule has 102 valence electrons. The Labute approximate surface area is 123 Å². The average Bonchev–Trinajstić information content (AvgIpc) is 2.33. The van der Waals surface area contributed by atoms with Gasteiger partial charge in [-0.1, -0.05) is 35.4 Å². The van der Waals surface area contributed by atoms with E-state index in [-0.39, 0.29) is 10.2 Å². The van der Waals surface area contributed by atoms with Gasteiger partial charge in [-0.3, -0.25) is 5.10 Å². The molecule has 19 heavy (non-hydrogen) atoms. The lowest BCUT2D eigenvalue weighted by Crippen LogP contribution is -2.14. The van der Waals surface area contributed by atoms with Crippen molar-refractivity contribution in [3.8, 4) is 0 Å². The van der Waals surface area contributed by atoms with E-state index in [1.54, 1.807) is 12.1 Å². The number of nitrogens with two attached hydrogens (primary N) is 1. The van der Waals surface area contributed by atoms with E-state index in [4.69, 9.17) is 40.6 Å². The number of aromatic nitrogens is 4. The van der Waals surface area contributed by atoms with E-state index in [1.165, 1.54) is 12.1 Å². The Hall–Kier alpha value is -1.13. The Balaban J connectivity index is 0.000000200. The fraction of sp³-hybridized carbons (Fsp3) is 0. The Morgan fingerprint density at radius 1 is 1.11 bits per heavy atom. The summed E-state index contributed by atoms with van der Waals surface area (Å²) in [6.07, 6.45) is 0.